The fourth-order valence-electron chi connectivity index (χ4n) is 1.84. The second-order valence-electron chi connectivity index (χ2n) is 5.19. The van der Waals surface area contributed by atoms with Gasteiger partial charge in [0.25, 0.3) is 0 Å². The molecular weight excluding hydrogens is 172 g/mol. The first-order chi connectivity index (χ1) is 6.57. The molecule has 1 fully saturated rings. The molecule has 84 valence electrons. The average molecular weight is 198 g/mol. The zero-order valence-corrected chi connectivity index (χ0v) is 10.1. The van der Waals surface area contributed by atoms with Crippen molar-refractivity contribution in [3.05, 3.63) is 0 Å². The van der Waals surface area contributed by atoms with Crippen LogP contribution in [-0.2, 0) is 0 Å². The van der Waals surface area contributed by atoms with Gasteiger partial charge in [0.1, 0.15) is 0 Å². The molecule has 0 saturated heterocycles. The Labute approximate surface area is 88.8 Å². The van der Waals surface area contributed by atoms with Crippen molar-refractivity contribution in [2.75, 3.05) is 19.6 Å². The summed E-state index contributed by atoms with van der Waals surface area (Å²) in [7, 11) is 0. The molecule has 1 aliphatic rings. The molecular formula is C12H26N2. The lowest BCUT2D eigenvalue weighted by Crippen LogP contribution is -2.48. The summed E-state index contributed by atoms with van der Waals surface area (Å²) in [5, 5.41) is 0. The first kappa shape index (κ1) is 12.0. The number of nitrogens with zero attached hydrogens (tertiary/aromatic N) is 1. The first-order valence-electron chi connectivity index (χ1n) is 6.08. The quantitative estimate of drug-likeness (QED) is 0.680. The summed E-state index contributed by atoms with van der Waals surface area (Å²) in [4.78, 5) is 2.56. The molecule has 0 amide bonds. The van der Waals surface area contributed by atoms with E-state index in [1.54, 1.807) is 0 Å². The van der Waals surface area contributed by atoms with Gasteiger partial charge < -0.3 is 10.6 Å². The highest BCUT2D eigenvalue weighted by atomic mass is 15.1. The van der Waals surface area contributed by atoms with Crippen LogP contribution in [0.1, 0.15) is 46.5 Å². The highest BCUT2D eigenvalue weighted by Gasteiger charge is 2.27. The van der Waals surface area contributed by atoms with Gasteiger partial charge in [-0.3, -0.25) is 0 Å². The Morgan fingerprint density at radius 1 is 1.36 bits per heavy atom. The van der Waals surface area contributed by atoms with E-state index in [0.29, 0.717) is 0 Å². The summed E-state index contributed by atoms with van der Waals surface area (Å²) >= 11 is 0. The molecule has 0 bridgehead atoms. The van der Waals surface area contributed by atoms with Crippen molar-refractivity contribution in [3.8, 4) is 0 Å². The van der Waals surface area contributed by atoms with Gasteiger partial charge in [-0.2, -0.15) is 0 Å². The van der Waals surface area contributed by atoms with Crippen LogP contribution in [0.2, 0.25) is 0 Å². The summed E-state index contributed by atoms with van der Waals surface area (Å²) in [5.41, 5.74) is 6.21. The second kappa shape index (κ2) is 5.13. The van der Waals surface area contributed by atoms with Gasteiger partial charge in [0.15, 0.2) is 0 Å². The lowest BCUT2D eigenvalue weighted by molar-refractivity contribution is 0.206. The van der Waals surface area contributed by atoms with Gasteiger partial charge in [-0.15, -0.1) is 0 Å². The molecule has 14 heavy (non-hydrogen) atoms. The lowest BCUT2D eigenvalue weighted by Gasteiger charge is -2.31. The maximum absolute atomic E-state index is 6.20. The van der Waals surface area contributed by atoms with Crippen LogP contribution < -0.4 is 5.73 Å². The summed E-state index contributed by atoms with van der Waals surface area (Å²) in [6, 6.07) is 0. The van der Waals surface area contributed by atoms with Crippen LogP contribution >= 0.6 is 0 Å². The highest BCUT2D eigenvalue weighted by Crippen LogP contribution is 2.30. The fraction of sp³-hybridized carbons (Fsp3) is 1.00. The Bertz CT molecular complexity index is 162. The minimum absolute atomic E-state index is 0.00403. The maximum atomic E-state index is 6.20. The van der Waals surface area contributed by atoms with Gasteiger partial charge in [-0.05, 0) is 45.1 Å². The van der Waals surface area contributed by atoms with Gasteiger partial charge in [0, 0.05) is 18.6 Å². The Morgan fingerprint density at radius 2 is 2.00 bits per heavy atom. The van der Waals surface area contributed by atoms with Crippen molar-refractivity contribution >= 4 is 0 Å². The summed E-state index contributed by atoms with van der Waals surface area (Å²) < 4.78 is 0. The Morgan fingerprint density at radius 3 is 2.43 bits per heavy atom. The molecule has 0 aromatic carbocycles. The van der Waals surface area contributed by atoms with Crippen molar-refractivity contribution in [1.29, 1.82) is 0 Å². The lowest BCUT2D eigenvalue weighted by atomic mass is 9.99. The standard InChI is InChI=1S/C12H26N2/c1-4-8-14(9-11-6-7-11)10-12(3,13)5-2/h11H,4-10,13H2,1-3H3. The normalized spacial score (nSPS) is 21.2. The summed E-state index contributed by atoms with van der Waals surface area (Å²) in [5.74, 6) is 0.981. The molecule has 0 spiro atoms. The zero-order valence-electron chi connectivity index (χ0n) is 10.1. The average Bonchev–Trinajstić information content (AvgIpc) is 2.88. The molecule has 1 saturated carbocycles. The van der Waals surface area contributed by atoms with Crippen LogP contribution in [0.3, 0.4) is 0 Å². The number of rotatable bonds is 7. The van der Waals surface area contributed by atoms with Gasteiger partial charge in [-0.25, -0.2) is 0 Å². The Hall–Kier alpha value is -0.0800. The van der Waals surface area contributed by atoms with Crippen LogP contribution in [0, 0.1) is 5.92 Å². The SMILES string of the molecule is CCCN(CC1CC1)CC(C)(N)CC. The first-order valence-corrected chi connectivity index (χ1v) is 6.08. The van der Waals surface area contributed by atoms with Crippen LogP contribution in [-0.4, -0.2) is 30.1 Å². The summed E-state index contributed by atoms with van der Waals surface area (Å²) in [6.45, 7) is 10.2. The molecule has 2 N–H and O–H groups in total. The topological polar surface area (TPSA) is 29.3 Å². The zero-order chi connectivity index (χ0) is 10.6. The van der Waals surface area contributed by atoms with E-state index in [1.165, 1.54) is 32.4 Å². The Kier molecular flexibility index (Phi) is 4.39. The highest BCUT2D eigenvalue weighted by molar-refractivity contribution is 4.84. The minimum Gasteiger partial charge on any atom is -0.324 e. The molecule has 0 aromatic rings. The monoisotopic (exact) mass is 198 g/mol. The van der Waals surface area contributed by atoms with E-state index in [4.69, 9.17) is 5.73 Å². The van der Waals surface area contributed by atoms with E-state index >= 15 is 0 Å². The van der Waals surface area contributed by atoms with Crippen LogP contribution in [0.5, 0.6) is 0 Å². The molecule has 1 rings (SSSR count). The molecule has 1 aliphatic carbocycles. The van der Waals surface area contributed by atoms with E-state index in [-0.39, 0.29) is 5.54 Å². The second-order valence-corrected chi connectivity index (χ2v) is 5.19. The molecule has 2 nitrogen and oxygen atoms in total. The smallest absolute Gasteiger partial charge is 0.0252 e. The number of nitrogens with two attached hydrogens (primary N) is 1. The molecule has 0 heterocycles. The Balaban J connectivity index is 2.32. The van der Waals surface area contributed by atoms with E-state index in [1.807, 2.05) is 0 Å². The van der Waals surface area contributed by atoms with Gasteiger partial charge in [-0.1, -0.05) is 13.8 Å². The predicted octanol–water partition coefficient (Wildman–Crippen LogP) is 2.24. The van der Waals surface area contributed by atoms with Crippen LogP contribution in [0.25, 0.3) is 0 Å². The molecule has 2 heteroatoms. The predicted molar refractivity (Wildman–Crippen MR) is 62.3 cm³/mol. The van der Waals surface area contributed by atoms with Crippen molar-refractivity contribution in [1.82, 2.24) is 4.90 Å². The van der Waals surface area contributed by atoms with Crippen LogP contribution in [0.4, 0.5) is 0 Å². The maximum Gasteiger partial charge on any atom is 0.0252 e. The third-order valence-corrected chi connectivity index (χ3v) is 3.15. The molecule has 0 radical (unpaired) electrons. The van der Waals surface area contributed by atoms with Gasteiger partial charge in [0.2, 0.25) is 0 Å². The van der Waals surface area contributed by atoms with Gasteiger partial charge in [0.05, 0.1) is 0 Å². The molecule has 0 aliphatic heterocycles. The van der Waals surface area contributed by atoms with Crippen LogP contribution in [0.15, 0.2) is 0 Å². The van der Waals surface area contributed by atoms with Crippen molar-refractivity contribution in [3.63, 3.8) is 0 Å². The number of hydrogen-bond donors (Lipinski definition) is 1. The fourth-order valence-corrected chi connectivity index (χ4v) is 1.84. The van der Waals surface area contributed by atoms with E-state index in [0.717, 1.165) is 18.9 Å². The molecule has 0 aromatic heterocycles. The minimum atomic E-state index is 0.00403. The largest absolute Gasteiger partial charge is 0.324 e. The third-order valence-electron chi connectivity index (χ3n) is 3.15. The van der Waals surface area contributed by atoms with Crippen molar-refractivity contribution < 1.29 is 0 Å². The van der Waals surface area contributed by atoms with Crippen molar-refractivity contribution in [2.45, 2.75) is 52.0 Å². The van der Waals surface area contributed by atoms with E-state index in [2.05, 4.69) is 25.7 Å². The van der Waals surface area contributed by atoms with E-state index in [9.17, 15) is 0 Å². The van der Waals surface area contributed by atoms with Crippen molar-refractivity contribution in [2.24, 2.45) is 11.7 Å². The third kappa shape index (κ3) is 4.43. The molecule has 1 atom stereocenters. The van der Waals surface area contributed by atoms with E-state index < -0.39 is 0 Å². The van der Waals surface area contributed by atoms with Gasteiger partial charge >= 0.3 is 0 Å². The number of hydrogen-bond acceptors (Lipinski definition) is 2. The molecule has 1 unspecified atom stereocenters. The summed E-state index contributed by atoms with van der Waals surface area (Å²) in [6.07, 6.45) is 5.19.